The van der Waals surface area contributed by atoms with E-state index in [4.69, 9.17) is 0 Å². The van der Waals surface area contributed by atoms with Crippen molar-refractivity contribution in [3.8, 4) is 0 Å². The molecule has 0 aromatic carbocycles. The minimum absolute atomic E-state index is 0.0144. The molecule has 1 aromatic heterocycles. The molecule has 21 heavy (non-hydrogen) atoms. The van der Waals surface area contributed by atoms with Crippen molar-refractivity contribution < 1.29 is 13.2 Å². The molecule has 0 N–H and O–H groups in total. The molecular formula is C13H18N4O3S. The van der Waals surface area contributed by atoms with Crippen LogP contribution in [0.5, 0.6) is 0 Å². The van der Waals surface area contributed by atoms with Crippen molar-refractivity contribution in [3.05, 3.63) is 18.7 Å². The summed E-state index contributed by atoms with van der Waals surface area (Å²) in [7, 11) is -3.18. The number of sulfonamides is 1. The monoisotopic (exact) mass is 310 g/mol. The van der Waals surface area contributed by atoms with Crippen LogP contribution in [0.15, 0.2) is 18.7 Å². The van der Waals surface area contributed by atoms with E-state index in [0.717, 1.165) is 6.42 Å². The lowest BCUT2D eigenvalue weighted by Crippen LogP contribution is -2.35. The van der Waals surface area contributed by atoms with E-state index in [-0.39, 0.29) is 17.1 Å². The van der Waals surface area contributed by atoms with Crippen LogP contribution in [0.2, 0.25) is 0 Å². The minimum atomic E-state index is -3.18. The quantitative estimate of drug-likeness (QED) is 0.799. The summed E-state index contributed by atoms with van der Waals surface area (Å²) in [6.45, 7) is 3.12. The Labute approximate surface area is 124 Å². The second kappa shape index (κ2) is 5.03. The van der Waals surface area contributed by atoms with Gasteiger partial charge in [0.05, 0.1) is 23.8 Å². The van der Waals surface area contributed by atoms with Crippen LogP contribution >= 0.6 is 0 Å². The van der Waals surface area contributed by atoms with Gasteiger partial charge in [0.1, 0.15) is 6.33 Å². The number of carbonyl (C=O) groups excluding carboxylic acids is 1. The second-order valence-electron chi connectivity index (χ2n) is 5.74. The summed E-state index contributed by atoms with van der Waals surface area (Å²) in [5, 5.41) is 0. The molecule has 0 unspecified atom stereocenters. The molecule has 8 heteroatoms. The lowest BCUT2D eigenvalue weighted by Gasteiger charge is -2.23. The molecule has 2 aliphatic rings. The zero-order valence-electron chi connectivity index (χ0n) is 11.9. The van der Waals surface area contributed by atoms with E-state index in [0.29, 0.717) is 31.7 Å². The molecule has 2 fully saturated rings. The molecular weight excluding hydrogens is 292 g/mol. The van der Waals surface area contributed by atoms with Crippen LogP contribution in [-0.2, 0) is 14.8 Å². The minimum Gasteiger partial charge on any atom is -0.309 e. The number of nitrogens with zero attached hydrogens (tertiary/aromatic N) is 4. The van der Waals surface area contributed by atoms with Crippen LogP contribution in [0.25, 0.3) is 0 Å². The van der Waals surface area contributed by atoms with Crippen molar-refractivity contribution in [3.63, 3.8) is 0 Å². The number of amides is 1. The zero-order chi connectivity index (χ0) is 15.1. The van der Waals surface area contributed by atoms with Gasteiger partial charge in [-0.05, 0) is 13.3 Å². The molecule has 1 amide bonds. The topological polar surface area (TPSA) is 83.5 Å². The molecule has 1 spiro atoms. The van der Waals surface area contributed by atoms with Crippen molar-refractivity contribution in [2.45, 2.75) is 19.8 Å². The Morgan fingerprint density at radius 3 is 2.67 bits per heavy atom. The molecule has 114 valence electrons. The van der Waals surface area contributed by atoms with Gasteiger partial charge >= 0.3 is 0 Å². The summed E-state index contributed by atoms with van der Waals surface area (Å²) in [6, 6.07) is 0. The lowest BCUT2D eigenvalue weighted by atomic mass is 9.86. The number of anilines is 1. The highest BCUT2D eigenvalue weighted by atomic mass is 32.2. The van der Waals surface area contributed by atoms with Crippen LogP contribution in [0.4, 0.5) is 5.69 Å². The number of hydrogen-bond donors (Lipinski definition) is 0. The van der Waals surface area contributed by atoms with Gasteiger partial charge in [-0.25, -0.2) is 22.7 Å². The predicted octanol–water partition coefficient (Wildman–Crippen LogP) is 0.255. The molecule has 0 aliphatic carbocycles. The molecule has 0 saturated carbocycles. The summed E-state index contributed by atoms with van der Waals surface area (Å²) < 4.78 is 25.5. The highest BCUT2D eigenvalue weighted by Crippen LogP contribution is 2.42. The summed E-state index contributed by atoms with van der Waals surface area (Å²) in [4.78, 5) is 21.8. The largest absolute Gasteiger partial charge is 0.309 e. The number of carbonyl (C=O) groups is 1. The van der Waals surface area contributed by atoms with Gasteiger partial charge in [-0.2, -0.15) is 0 Å². The first-order valence-corrected chi connectivity index (χ1v) is 8.60. The third kappa shape index (κ3) is 2.53. The van der Waals surface area contributed by atoms with Crippen LogP contribution in [0.3, 0.4) is 0 Å². The zero-order valence-corrected chi connectivity index (χ0v) is 12.7. The van der Waals surface area contributed by atoms with Crippen LogP contribution in [0, 0.1) is 5.41 Å². The highest BCUT2D eigenvalue weighted by molar-refractivity contribution is 7.89. The van der Waals surface area contributed by atoms with Gasteiger partial charge in [-0.1, -0.05) is 0 Å². The Bertz CT molecular complexity index is 649. The Hall–Kier alpha value is -1.54. The maximum absolute atomic E-state index is 12.3. The number of aromatic nitrogens is 2. The van der Waals surface area contributed by atoms with Crippen molar-refractivity contribution in [1.29, 1.82) is 0 Å². The molecule has 2 aliphatic heterocycles. The van der Waals surface area contributed by atoms with Crippen LogP contribution in [0.1, 0.15) is 19.8 Å². The third-order valence-electron chi connectivity index (χ3n) is 4.34. The van der Waals surface area contributed by atoms with Gasteiger partial charge in [0, 0.05) is 31.5 Å². The fourth-order valence-corrected chi connectivity index (χ4v) is 4.35. The predicted molar refractivity (Wildman–Crippen MR) is 77.1 cm³/mol. The Morgan fingerprint density at radius 1 is 1.29 bits per heavy atom. The fraction of sp³-hybridized carbons (Fsp3) is 0.615. The number of hydrogen-bond acceptors (Lipinski definition) is 5. The molecule has 7 nitrogen and oxygen atoms in total. The average Bonchev–Trinajstić information content (AvgIpc) is 3.04. The molecule has 1 aromatic rings. The van der Waals surface area contributed by atoms with E-state index >= 15 is 0 Å². The van der Waals surface area contributed by atoms with E-state index in [2.05, 4.69) is 9.97 Å². The average molecular weight is 310 g/mol. The molecule has 2 saturated heterocycles. The van der Waals surface area contributed by atoms with Crippen molar-refractivity contribution in [1.82, 2.24) is 14.3 Å². The lowest BCUT2D eigenvalue weighted by molar-refractivity contribution is -0.117. The summed E-state index contributed by atoms with van der Waals surface area (Å²) in [5.74, 6) is 0.119. The van der Waals surface area contributed by atoms with E-state index in [1.807, 2.05) is 0 Å². The van der Waals surface area contributed by atoms with Crippen LogP contribution < -0.4 is 4.90 Å². The molecule has 0 bridgehead atoms. The van der Waals surface area contributed by atoms with E-state index in [1.165, 1.54) is 10.6 Å². The van der Waals surface area contributed by atoms with E-state index < -0.39 is 10.0 Å². The summed E-state index contributed by atoms with van der Waals surface area (Å²) >= 11 is 0. The van der Waals surface area contributed by atoms with Crippen LogP contribution in [-0.4, -0.2) is 54.0 Å². The van der Waals surface area contributed by atoms with Crippen molar-refractivity contribution in [2.24, 2.45) is 5.41 Å². The van der Waals surface area contributed by atoms with Gasteiger partial charge in [0.15, 0.2) is 0 Å². The van der Waals surface area contributed by atoms with Gasteiger partial charge in [-0.3, -0.25) is 4.79 Å². The summed E-state index contributed by atoms with van der Waals surface area (Å²) in [5.41, 5.74) is 0.408. The maximum atomic E-state index is 12.3. The summed E-state index contributed by atoms with van der Waals surface area (Å²) in [6.07, 6.45) is 5.75. The molecule has 0 radical (unpaired) electrons. The van der Waals surface area contributed by atoms with Gasteiger partial charge in [-0.15, -0.1) is 0 Å². The van der Waals surface area contributed by atoms with Gasteiger partial charge in [0.2, 0.25) is 15.9 Å². The fourth-order valence-electron chi connectivity index (χ4n) is 3.15. The van der Waals surface area contributed by atoms with Gasteiger partial charge in [0.25, 0.3) is 0 Å². The molecule has 1 atom stereocenters. The second-order valence-corrected chi connectivity index (χ2v) is 8.00. The van der Waals surface area contributed by atoms with Crippen molar-refractivity contribution >= 4 is 21.6 Å². The number of rotatable bonds is 3. The van der Waals surface area contributed by atoms with E-state index in [1.54, 1.807) is 24.2 Å². The normalized spacial score (nSPS) is 26.9. The standard InChI is InChI=1S/C13H18N4O3S/c1-2-21(19,20)16-4-3-13(8-16)5-12(18)17(9-13)11-6-14-10-15-7-11/h6-7,10H,2-5,8-9H2,1H3/t13-/m0/s1. The van der Waals surface area contributed by atoms with E-state index in [9.17, 15) is 13.2 Å². The molecule has 3 rings (SSSR count). The SMILES string of the molecule is CCS(=O)(=O)N1CC[C@]2(CC(=O)N(c3cncnc3)C2)C1. The third-order valence-corrected chi connectivity index (χ3v) is 6.17. The van der Waals surface area contributed by atoms with Gasteiger partial charge < -0.3 is 4.90 Å². The Balaban J connectivity index is 1.79. The highest BCUT2D eigenvalue weighted by Gasteiger charge is 2.49. The first-order valence-electron chi connectivity index (χ1n) is 6.99. The first kappa shape index (κ1) is 14.4. The Kier molecular flexibility index (Phi) is 3.45. The first-order chi connectivity index (χ1) is 9.96. The molecule has 3 heterocycles. The smallest absolute Gasteiger partial charge is 0.227 e. The maximum Gasteiger partial charge on any atom is 0.227 e. The Morgan fingerprint density at radius 2 is 2.00 bits per heavy atom. The van der Waals surface area contributed by atoms with Crippen molar-refractivity contribution in [2.75, 3.05) is 30.3 Å².